The molecule has 1 N–H and O–H groups in total. The van der Waals surface area contributed by atoms with E-state index in [1.807, 2.05) is 0 Å². The van der Waals surface area contributed by atoms with Gasteiger partial charge in [0.1, 0.15) is 12.4 Å². The largest absolute Gasteiger partial charge is 1.00 e. The van der Waals surface area contributed by atoms with E-state index in [4.69, 9.17) is 5.11 Å². The van der Waals surface area contributed by atoms with Crippen LogP contribution < -0.4 is 17.0 Å². The summed E-state index contributed by atoms with van der Waals surface area (Å²) < 4.78 is 2.91. The molecule has 1 aromatic heterocycles. The Morgan fingerprint density at radius 1 is 1.73 bits per heavy atom. The Hall–Kier alpha value is -1.03. The minimum atomic E-state index is -0.946. The second kappa shape index (κ2) is 3.39. The van der Waals surface area contributed by atoms with E-state index in [1.54, 1.807) is 24.7 Å². The van der Waals surface area contributed by atoms with Gasteiger partial charge in [-0.3, -0.25) is 0 Å². The van der Waals surface area contributed by atoms with Gasteiger partial charge in [-0.15, -0.1) is 4.57 Å². The lowest BCUT2D eigenvalue weighted by atomic mass is 10.7. The molecule has 0 atom stereocenters. The van der Waals surface area contributed by atoms with Crippen LogP contribution in [0, 0.1) is 6.92 Å². The molecule has 0 saturated heterocycles. The summed E-state index contributed by atoms with van der Waals surface area (Å²) in [5.41, 5.74) is 0. The van der Waals surface area contributed by atoms with Crippen LogP contribution in [-0.4, -0.2) is 15.8 Å². The number of carbonyl (C=O) groups is 1. The Morgan fingerprint density at radius 3 is 2.45 bits per heavy atom. The summed E-state index contributed by atoms with van der Waals surface area (Å²) in [6.45, 7) is 1.74. The van der Waals surface area contributed by atoms with E-state index < -0.39 is 6.09 Å². The van der Waals surface area contributed by atoms with Gasteiger partial charge in [0.25, 0.3) is 5.82 Å². The normalized spacial score (nSPS) is 8.91. The summed E-state index contributed by atoms with van der Waals surface area (Å²) in [6, 6.07) is 0. The first kappa shape index (κ1) is 9.97. The Bertz CT molecular complexity index is 270. The lowest BCUT2D eigenvalue weighted by molar-refractivity contribution is -0.676. The van der Waals surface area contributed by atoms with Crippen molar-refractivity contribution >= 4 is 6.09 Å². The van der Waals surface area contributed by atoms with Crippen LogP contribution in [-0.2, 0) is 7.05 Å². The van der Waals surface area contributed by atoms with Crippen LogP contribution >= 0.6 is 0 Å². The number of nitrogens with zero attached hydrogens (tertiary/aromatic N) is 2. The molecule has 1 heterocycles. The monoisotopic (exact) mass is 176 g/mol. The first-order chi connectivity index (χ1) is 4.63. The summed E-state index contributed by atoms with van der Waals surface area (Å²) >= 11 is 0. The van der Waals surface area contributed by atoms with E-state index in [0.29, 0.717) is 5.82 Å². The molecule has 0 spiro atoms. The van der Waals surface area contributed by atoms with Gasteiger partial charge < -0.3 is 17.5 Å². The standard InChI is InChI=1S/C6H8N2O2.ClH/c1-5-7(2)3-4-8(5)6(9)10;/h3-4H,1-2H3;1H. The molecule has 0 amide bonds. The van der Waals surface area contributed by atoms with Crippen LogP contribution in [0.3, 0.4) is 0 Å². The molecular formula is C6H9ClN2O2. The minimum absolute atomic E-state index is 0. The SMILES string of the molecule is Cc1n(C(=O)O)cc[n+]1C.[Cl-]. The average molecular weight is 177 g/mol. The van der Waals surface area contributed by atoms with Crippen molar-refractivity contribution in [2.24, 2.45) is 7.05 Å². The molecule has 0 radical (unpaired) electrons. The van der Waals surface area contributed by atoms with Crippen LogP contribution in [0.15, 0.2) is 12.4 Å². The van der Waals surface area contributed by atoms with E-state index in [2.05, 4.69) is 0 Å². The van der Waals surface area contributed by atoms with Gasteiger partial charge in [0.05, 0.1) is 7.05 Å². The maximum Gasteiger partial charge on any atom is 0.509 e. The van der Waals surface area contributed by atoms with Gasteiger partial charge in [-0.2, -0.15) is 4.79 Å². The predicted molar refractivity (Wildman–Crippen MR) is 33.8 cm³/mol. The van der Waals surface area contributed by atoms with Crippen molar-refractivity contribution in [1.29, 1.82) is 0 Å². The Labute approximate surface area is 70.5 Å². The zero-order valence-electron chi connectivity index (χ0n) is 6.28. The summed E-state index contributed by atoms with van der Waals surface area (Å²) in [7, 11) is 1.80. The maximum absolute atomic E-state index is 10.4. The third kappa shape index (κ3) is 1.71. The van der Waals surface area contributed by atoms with Crippen LogP contribution in [0.1, 0.15) is 5.82 Å². The number of imidazole rings is 1. The van der Waals surface area contributed by atoms with Crippen LogP contribution in [0.2, 0.25) is 0 Å². The number of aryl methyl sites for hydroxylation is 1. The second-order valence-electron chi connectivity index (χ2n) is 2.11. The van der Waals surface area contributed by atoms with Crippen molar-refractivity contribution in [2.75, 3.05) is 0 Å². The molecular weight excluding hydrogens is 168 g/mol. The first-order valence-corrected chi connectivity index (χ1v) is 2.90. The van der Waals surface area contributed by atoms with Crippen molar-refractivity contribution in [2.45, 2.75) is 6.92 Å². The van der Waals surface area contributed by atoms with Crippen molar-refractivity contribution in [3.63, 3.8) is 0 Å². The molecule has 1 rings (SSSR count). The summed E-state index contributed by atoms with van der Waals surface area (Å²) in [4.78, 5) is 10.4. The molecule has 0 bridgehead atoms. The number of hydrogen-bond acceptors (Lipinski definition) is 1. The van der Waals surface area contributed by atoms with Crippen molar-refractivity contribution in [1.82, 2.24) is 4.57 Å². The van der Waals surface area contributed by atoms with Crippen LogP contribution in [0.4, 0.5) is 4.79 Å². The van der Waals surface area contributed by atoms with Gasteiger partial charge in [-0.25, -0.2) is 4.57 Å². The topological polar surface area (TPSA) is 46.1 Å². The summed E-state index contributed by atoms with van der Waals surface area (Å²) in [5.74, 6) is 0.701. The van der Waals surface area contributed by atoms with Crippen molar-refractivity contribution in [3.05, 3.63) is 18.2 Å². The number of carboxylic acid groups (broad SMARTS) is 1. The van der Waals surface area contributed by atoms with Gasteiger partial charge in [-0.1, -0.05) is 0 Å². The fourth-order valence-corrected chi connectivity index (χ4v) is 0.755. The third-order valence-corrected chi connectivity index (χ3v) is 1.50. The van der Waals surface area contributed by atoms with Crippen molar-refractivity contribution < 1.29 is 26.9 Å². The molecule has 0 aliphatic heterocycles. The van der Waals surface area contributed by atoms with Gasteiger partial charge in [0, 0.05) is 6.92 Å². The lowest BCUT2D eigenvalue weighted by Crippen LogP contribution is -3.00. The highest BCUT2D eigenvalue weighted by Gasteiger charge is 2.14. The Kier molecular flexibility index (Phi) is 3.07. The fourth-order valence-electron chi connectivity index (χ4n) is 0.755. The Balaban J connectivity index is 0.000001000. The second-order valence-corrected chi connectivity index (χ2v) is 2.11. The molecule has 1 aromatic rings. The Morgan fingerprint density at radius 2 is 2.27 bits per heavy atom. The van der Waals surface area contributed by atoms with Gasteiger partial charge in [0.2, 0.25) is 0 Å². The molecule has 0 aliphatic rings. The molecule has 0 aromatic carbocycles. The average Bonchev–Trinajstić information content (AvgIpc) is 2.14. The quantitative estimate of drug-likeness (QED) is 0.433. The molecule has 11 heavy (non-hydrogen) atoms. The zero-order chi connectivity index (χ0) is 7.72. The number of halogens is 1. The third-order valence-electron chi connectivity index (χ3n) is 1.50. The number of hydrogen-bond donors (Lipinski definition) is 1. The lowest BCUT2D eigenvalue weighted by Gasteiger charge is -1.87. The van der Waals surface area contributed by atoms with Gasteiger partial charge in [-0.05, 0) is 0 Å². The molecule has 5 heteroatoms. The highest BCUT2D eigenvalue weighted by Crippen LogP contribution is 1.90. The van der Waals surface area contributed by atoms with Crippen LogP contribution in [0.5, 0.6) is 0 Å². The highest BCUT2D eigenvalue weighted by atomic mass is 35.5. The summed E-state index contributed by atoms with van der Waals surface area (Å²) in [6.07, 6.45) is 2.26. The molecule has 0 saturated carbocycles. The van der Waals surface area contributed by atoms with Gasteiger partial charge >= 0.3 is 6.09 Å². The van der Waals surface area contributed by atoms with E-state index >= 15 is 0 Å². The van der Waals surface area contributed by atoms with E-state index in [0.717, 1.165) is 0 Å². The van der Waals surface area contributed by atoms with Crippen LogP contribution in [0.25, 0.3) is 0 Å². The minimum Gasteiger partial charge on any atom is -1.00 e. The number of rotatable bonds is 0. The molecule has 4 nitrogen and oxygen atoms in total. The molecule has 0 aliphatic carbocycles. The zero-order valence-corrected chi connectivity index (χ0v) is 7.04. The maximum atomic E-state index is 10.4. The van der Waals surface area contributed by atoms with Crippen molar-refractivity contribution in [3.8, 4) is 0 Å². The molecule has 0 unspecified atom stereocenters. The first-order valence-electron chi connectivity index (χ1n) is 2.90. The van der Waals surface area contributed by atoms with E-state index in [1.165, 1.54) is 10.8 Å². The predicted octanol–water partition coefficient (Wildman–Crippen LogP) is -2.85. The smallest absolute Gasteiger partial charge is 0.509 e. The van der Waals surface area contributed by atoms with E-state index in [9.17, 15) is 4.79 Å². The summed E-state index contributed by atoms with van der Waals surface area (Å²) in [5, 5.41) is 8.53. The highest BCUT2D eigenvalue weighted by molar-refractivity contribution is 5.67. The number of aromatic nitrogens is 2. The molecule has 62 valence electrons. The fraction of sp³-hybridized carbons (Fsp3) is 0.333. The van der Waals surface area contributed by atoms with E-state index in [-0.39, 0.29) is 12.4 Å². The molecule has 0 fully saturated rings. The van der Waals surface area contributed by atoms with Gasteiger partial charge in [0.15, 0.2) is 0 Å².